The van der Waals surface area contributed by atoms with Crippen molar-refractivity contribution in [2.24, 2.45) is 0 Å². The molecule has 0 aliphatic heterocycles. The van der Waals surface area contributed by atoms with Crippen LogP contribution in [0, 0.1) is 0 Å². The third-order valence-electron chi connectivity index (χ3n) is 3.98. The van der Waals surface area contributed by atoms with Gasteiger partial charge in [0.15, 0.2) is 15.7 Å². The summed E-state index contributed by atoms with van der Waals surface area (Å²) in [4.78, 5) is 0.0761. The fraction of sp³-hybridized carbons (Fsp3) is 0.769. The Hall–Kier alpha value is -0.860. The van der Waals surface area contributed by atoms with Crippen LogP contribution in [0.5, 0.6) is 0 Å². The molecule has 0 radical (unpaired) electrons. The minimum absolute atomic E-state index is 0.0193. The molecule has 21 heavy (non-hydrogen) atoms. The zero-order chi connectivity index (χ0) is 15.5. The summed E-state index contributed by atoms with van der Waals surface area (Å²) in [5, 5.41) is 14.1. The van der Waals surface area contributed by atoms with Crippen molar-refractivity contribution in [1.29, 1.82) is 0 Å². The number of hydrogen-bond acceptors (Lipinski definition) is 7. The van der Waals surface area contributed by atoms with Crippen LogP contribution >= 0.6 is 11.5 Å². The molecule has 1 fully saturated rings. The number of rotatable bonds is 5. The summed E-state index contributed by atoms with van der Waals surface area (Å²) in [7, 11) is -3.42. The van der Waals surface area contributed by atoms with Gasteiger partial charge >= 0.3 is 0 Å². The molecule has 0 saturated heterocycles. The van der Waals surface area contributed by atoms with Crippen LogP contribution in [0.4, 0.5) is 10.8 Å². The molecule has 0 spiro atoms. The van der Waals surface area contributed by atoms with E-state index >= 15 is 0 Å². The van der Waals surface area contributed by atoms with Crippen LogP contribution in [-0.2, 0) is 9.84 Å². The molecule has 2 rings (SSSR count). The summed E-state index contributed by atoms with van der Waals surface area (Å²) in [6.07, 6.45) is 5.77. The molecule has 0 aromatic carbocycles. The highest BCUT2D eigenvalue weighted by Gasteiger charge is 2.30. The monoisotopic (exact) mass is 333 g/mol. The molecular weight excluding hydrogens is 310 g/mol. The molecule has 0 amide bonds. The van der Waals surface area contributed by atoms with Crippen LogP contribution in [0.1, 0.15) is 45.4 Å². The van der Waals surface area contributed by atoms with Gasteiger partial charge < -0.3 is 16.2 Å². The average molecular weight is 333 g/mol. The molecule has 0 bridgehead atoms. The average Bonchev–Trinajstić information content (AvgIpc) is 2.68. The van der Waals surface area contributed by atoms with Crippen LogP contribution in [0.15, 0.2) is 4.90 Å². The van der Waals surface area contributed by atoms with Gasteiger partial charge in [0.2, 0.25) is 0 Å². The van der Waals surface area contributed by atoms with Gasteiger partial charge in [-0.3, -0.25) is 0 Å². The predicted molar refractivity (Wildman–Crippen MR) is 85.4 cm³/mol. The molecule has 1 aliphatic rings. The first-order chi connectivity index (χ1) is 9.88. The summed E-state index contributed by atoms with van der Waals surface area (Å²) in [5.41, 5.74) is 4.91. The second-order valence-electron chi connectivity index (χ2n) is 5.62. The molecule has 1 aromatic heterocycles. The second kappa shape index (κ2) is 6.50. The topological polar surface area (TPSA) is 105 Å². The SMILES string of the molecule is CCS(=O)(=O)c1c(N)nsc1NCC1(O)CCCCCC1. The zero-order valence-electron chi connectivity index (χ0n) is 12.3. The van der Waals surface area contributed by atoms with Crippen molar-refractivity contribution in [1.82, 2.24) is 4.37 Å². The van der Waals surface area contributed by atoms with Crippen LogP contribution in [0.3, 0.4) is 0 Å². The maximum atomic E-state index is 12.1. The summed E-state index contributed by atoms with van der Waals surface area (Å²) in [5.74, 6) is 0.0198. The van der Waals surface area contributed by atoms with E-state index in [-0.39, 0.29) is 16.5 Å². The number of nitrogen functional groups attached to an aromatic ring is 1. The Bertz CT molecular complexity index is 575. The fourth-order valence-electron chi connectivity index (χ4n) is 2.66. The van der Waals surface area contributed by atoms with E-state index in [0.717, 1.165) is 50.1 Å². The summed E-state index contributed by atoms with van der Waals surface area (Å²) < 4.78 is 28.1. The number of aromatic nitrogens is 1. The van der Waals surface area contributed by atoms with E-state index < -0.39 is 15.4 Å². The molecule has 8 heteroatoms. The molecule has 6 nitrogen and oxygen atoms in total. The Morgan fingerprint density at radius 1 is 1.33 bits per heavy atom. The van der Waals surface area contributed by atoms with E-state index in [2.05, 4.69) is 9.69 Å². The van der Waals surface area contributed by atoms with Crippen molar-refractivity contribution in [3.8, 4) is 0 Å². The Morgan fingerprint density at radius 3 is 2.52 bits per heavy atom. The molecule has 0 unspecified atom stereocenters. The van der Waals surface area contributed by atoms with Crippen LogP contribution in [0.25, 0.3) is 0 Å². The minimum atomic E-state index is -3.42. The summed E-state index contributed by atoms with van der Waals surface area (Å²) in [6, 6.07) is 0. The van der Waals surface area contributed by atoms with Crippen molar-refractivity contribution in [2.45, 2.75) is 55.9 Å². The Kier molecular flexibility index (Phi) is 5.11. The minimum Gasteiger partial charge on any atom is -0.388 e. The Morgan fingerprint density at radius 2 is 1.95 bits per heavy atom. The highest BCUT2D eigenvalue weighted by atomic mass is 32.2. The normalized spacial score (nSPS) is 19.1. The molecular formula is C13H23N3O3S2. The van der Waals surface area contributed by atoms with E-state index in [1.165, 1.54) is 0 Å². The van der Waals surface area contributed by atoms with Gasteiger partial charge in [0.05, 0.1) is 11.4 Å². The zero-order valence-corrected chi connectivity index (χ0v) is 13.9. The molecule has 1 saturated carbocycles. The van der Waals surface area contributed by atoms with Crippen molar-refractivity contribution >= 4 is 32.2 Å². The lowest BCUT2D eigenvalue weighted by Crippen LogP contribution is -2.36. The first-order valence-electron chi connectivity index (χ1n) is 7.32. The lowest BCUT2D eigenvalue weighted by molar-refractivity contribution is 0.0381. The number of aliphatic hydroxyl groups is 1. The quantitative estimate of drug-likeness (QED) is 0.712. The number of nitrogens with one attached hydrogen (secondary N) is 1. The number of nitrogens with zero attached hydrogens (tertiary/aromatic N) is 1. The van der Waals surface area contributed by atoms with Crippen LogP contribution in [0.2, 0.25) is 0 Å². The summed E-state index contributed by atoms with van der Waals surface area (Å²) in [6.45, 7) is 1.91. The number of nitrogens with two attached hydrogens (primary N) is 1. The van der Waals surface area contributed by atoms with Crippen LogP contribution < -0.4 is 11.1 Å². The maximum absolute atomic E-state index is 12.1. The molecule has 1 aromatic rings. The number of hydrogen-bond donors (Lipinski definition) is 3. The third kappa shape index (κ3) is 3.87. The molecule has 1 heterocycles. The largest absolute Gasteiger partial charge is 0.388 e. The standard InChI is InChI=1S/C13H23N3O3S2/c1-2-21(18,19)10-11(14)16-20-12(10)15-9-13(17)7-5-3-4-6-8-13/h15,17H,2-9H2,1H3,(H2,14,16). The lowest BCUT2D eigenvalue weighted by atomic mass is 9.94. The number of sulfone groups is 1. The smallest absolute Gasteiger partial charge is 0.184 e. The Balaban J connectivity index is 2.14. The van der Waals surface area contributed by atoms with E-state index in [1.54, 1.807) is 6.92 Å². The van der Waals surface area contributed by atoms with Gasteiger partial charge in [0, 0.05) is 6.54 Å². The highest BCUT2D eigenvalue weighted by Crippen LogP contribution is 2.34. The van der Waals surface area contributed by atoms with E-state index in [1.807, 2.05) is 0 Å². The lowest BCUT2D eigenvalue weighted by Gasteiger charge is -2.27. The van der Waals surface area contributed by atoms with E-state index in [9.17, 15) is 13.5 Å². The van der Waals surface area contributed by atoms with Crippen molar-refractivity contribution in [2.75, 3.05) is 23.3 Å². The predicted octanol–water partition coefficient (Wildman–Crippen LogP) is 2.02. The van der Waals surface area contributed by atoms with Gasteiger partial charge in [-0.15, -0.1) is 0 Å². The van der Waals surface area contributed by atoms with Crippen molar-refractivity contribution < 1.29 is 13.5 Å². The van der Waals surface area contributed by atoms with Crippen LogP contribution in [-0.4, -0.2) is 35.8 Å². The van der Waals surface area contributed by atoms with Gasteiger partial charge in [-0.05, 0) is 24.4 Å². The van der Waals surface area contributed by atoms with Gasteiger partial charge in [-0.1, -0.05) is 32.6 Å². The van der Waals surface area contributed by atoms with E-state index in [0.29, 0.717) is 11.5 Å². The first kappa shape index (κ1) is 16.5. The molecule has 120 valence electrons. The highest BCUT2D eigenvalue weighted by molar-refractivity contribution is 7.91. The van der Waals surface area contributed by atoms with E-state index in [4.69, 9.17) is 5.73 Å². The molecule has 1 aliphatic carbocycles. The van der Waals surface area contributed by atoms with Gasteiger partial charge in [-0.2, -0.15) is 4.37 Å². The third-order valence-corrected chi connectivity index (χ3v) is 6.72. The first-order valence-corrected chi connectivity index (χ1v) is 9.75. The fourth-order valence-corrected chi connectivity index (χ4v) is 4.82. The second-order valence-corrected chi connectivity index (χ2v) is 8.61. The van der Waals surface area contributed by atoms with Gasteiger partial charge in [0.25, 0.3) is 0 Å². The maximum Gasteiger partial charge on any atom is 0.184 e. The van der Waals surface area contributed by atoms with Gasteiger partial charge in [-0.25, -0.2) is 8.42 Å². The van der Waals surface area contributed by atoms with Crippen molar-refractivity contribution in [3.63, 3.8) is 0 Å². The van der Waals surface area contributed by atoms with Crippen molar-refractivity contribution in [3.05, 3.63) is 0 Å². The molecule has 0 atom stereocenters. The number of anilines is 2. The molecule has 4 N–H and O–H groups in total. The summed E-state index contributed by atoms with van der Waals surface area (Å²) >= 11 is 1.03. The van der Waals surface area contributed by atoms with Gasteiger partial charge in [0.1, 0.15) is 9.90 Å². The Labute approximate surface area is 129 Å².